The normalized spacial score (nSPS) is 18.5. The molecule has 1 aromatic heterocycles. The van der Waals surface area contributed by atoms with E-state index < -0.39 is 16.9 Å². The number of halogens is 2. The molecule has 0 aliphatic carbocycles. The summed E-state index contributed by atoms with van der Waals surface area (Å²) in [7, 11) is -1.16. The summed E-state index contributed by atoms with van der Waals surface area (Å²) in [4.78, 5) is 12.9. The minimum atomic E-state index is -1.16. The van der Waals surface area contributed by atoms with Crippen LogP contribution in [-0.4, -0.2) is 16.2 Å². The number of aliphatic carboxylic acids is 1. The standard InChI is InChI=1S/C15H10Cl2O3S2/c16-9-4-3-8(6-10(9)17)14-13(18)12(7-21-14)22-5-1-2-11(22)15(19)20/h1-7,18,22H,(H,19,20). The van der Waals surface area contributed by atoms with Gasteiger partial charge in [0, 0.05) is 10.3 Å². The van der Waals surface area contributed by atoms with E-state index in [9.17, 15) is 15.0 Å². The summed E-state index contributed by atoms with van der Waals surface area (Å²) in [5.41, 5.74) is 0.752. The van der Waals surface area contributed by atoms with Gasteiger partial charge in [0.1, 0.15) is 5.75 Å². The molecule has 22 heavy (non-hydrogen) atoms. The molecule has 0 saturated heterocycles. The molecular weight excluding hydrogens is 363 g/mol. The minimum Gasteiger partial charge on any atom is -0.505 e. The van der Waals surface area contributed by atoms with Gasteiger partial charge in [-0.3, -0.25) is 0 Å². The molecule has 0 bridgehead atoms. The predicted molar refractivity (Wildman–Crippen MR) is 93.6 cm³/mol. The van der Waals surface area contributed by atoms with Gasteiger partial charge < -0.3 is 10.2 Å². The quantitative estimate of drug-likeness (QED) is 0.642. The Hall–Kier alpha value is -1.40. The van der Waals surface area contributed by atoms with Crippen molar-refractivity contribution in [1.82, 2.24) is 0 Å². The Balaban J connectivity index is 2.02. The number of benzene rings is 1. The van der Waals surface area contributed by atoms with E-state index in [0.717, 1.165) is 5.56 Å². The second kappa shape index (κ2) is 6.01. The largest absolute Gasteiger partial charge is 0.505 e. The van der Waals surface area contributed by atoms with Crippen LogP contribution in [-0.2, 0) is 4.79 Å². The predicted octanol–water partition coefficient (Wildman–Crippen LogP) is 5.28. The van der Waals surface area contributed by atoms with E-state index in [0.29, 0.717) is 24.7 Å². The zero-order chi connectivity index (χ0) is 15.9. The van der Waals surface area contributed by atoms with Crippen molar-refractivity contribution in [3.05, 3.63) is 56.1 Å². The molecule has 1 aromatic carbocycles. The van der Waals surface area contributed by atoms with E-state index in [-0.39, 0.29) is 5.75 Å². The van der Waals surface area contributed by atoms with E-state index in [1.807, 2.05) is 5.41 Å². The zero-order valence-corrected chi connectivity index (χ0v) is 14.2. The van der Waals surface area contributed by atoms with Gasteiger partial charge in [0.2, 0.25) is 0 Å². The van der Waals surface area contributed by atoms with Crippen LogP contribution in [0.15, 0.2) is 50.9 Å². The summed E-state index contributed by atoms with van der Waals surface area (Å²) < 4.78 is 0. The van der Waals surface area contributed by atoms with Gasteiger partial charge in [0.05, 0.1) is 19.8 Å². The molecule has 1 atom stereocenters. The number of carboxylic acids is 1. The number of aromatic hydroxyl groups is 1. The first-order valence-corrected chi connectivity index (χ1v) is 9.20. The van der Waals surface area contributed by atoms with Gasteiger partial charge in [-0.05, 0) is 29.2 Å². The topological polar surface area (TPSA) is 57.5 Å². The molecule has 114 valence electrons. The lowest BCUT2D eigenvalue weighted by Gasteiger charge is -2.14. The van der Waals surface area contributed by atoms with Crippen LogP contribution in [0.2, 0.25) is 10.0 Å². The molecule has 1 aliphatic heterocycles. The third-order valence-corrected chi connectivity index (χ3v) is 7.28. The van der Waals surface area contributed by atoms with Crippen LogP contribution in [0.4, 0.5) is 0 Å². The molecule has 2 heterocycles. The third-order valence-electron chi connectivity index (χ3n) is 3.16. The van der Waals surface area contributed by atoms with E-state index in [1.54, 1.807) is 35.7 Å². The fraction of sp³-hybridized carbons (Fsp3) is 0. The molecule has 0 fully saturated rings. The van der Waals surface area contributed by atoms with Crippen LogP contribution in [0.1, 0.15) is 0 Å². The van der Waals surface area contributed by atoms with Crippen LogP contribution in [0.3, 0.4) is 0 Å². The van der Waals surface area contributed by atoms with Crippen molar-refractivity contribution in [2.45, 2.75) is 4.90 Å². The second-order valence-corrected chi connectivity index (χ2v) is 8.19. The fourth-order valence-corrected chi connectivity index (χ4v) is 5.56. The van der Waals surface area contributed by atoms with Crippen molar-refractivity contribution >= 4 is 51.4 Å². The van der Waals surface area contributed by atoms with Crippen LogP contribution in [0.25, 0.3) is 10.4 Å². The maximum atomic E-state index is 11.3. The number of carbonyl (C=O) groups is 1. The van der Waals surface area contributed by atoms with E-state index in [4.69, 9.17) is 23.2 Å². The number of thiophene rings is 1. The Morgan fingerprint density at radius 1 is 1.23 bits per heavy atom. The molecule has 0 amide bonds. The van der Waals surface area contributed by atoms with Gasteiger partial charge in [-0.1, -0.05) is 35.3 Å². The van der Waals surface area contributed by atoms with Gasteiger partial charge >= 0.3 is 5.97 Å². The van der Waals surface area contributed by atoms with Crippen LogP contribution >= 0.6 is 45.4 Å². The van der Waals surface area contributed by atoms with Crippen molar-refractivity contribution in [2.75, 3.05) is 0 Å². The first-order chi connectivity index (χ1) is 10.5. The Morgan fingerprint density at radius 3 is 2.68 bits per heavy atom. The number of rotatable bonds is 3. The van der Waals surface area contributed by atoms with Crippen LogP contribution in [0, 0.1) is 0 Å². The van der Waals surface area contributed by atoms with Crippen molar-refractivity contribution in [2.24, 2.45) is 0 Å². The Bertz CT molecular complexity index is 824. The lowest BCUT2D eigenvalue weighted by molar-refractivity contribution is -0.131. The van der Waals surface area contributed by atoms with Crippen molar-refractivity contribution < 1.29 is 15.0 Å². The summed E-state index contributed by atoms with van der Waals surface area (Å²) in [5, 5.41) is 24.2. The van der Waals surface area contributed by atoms with Gasteiger partial charge in [0.15, 0.2) is 0 Å². The average Bonchev–Trinajstić information content (AvgIpc) is 3.08. The minimum absolute atomic E-state index is 0.105. The highest BCUT2D eigenvalue weighted by Crippen LogP contribution is 2.56. The highest BCUT2D eigenvalue weighted by Gasteiger charge is 2.24. The molecule has 3 rings (SSSR count). The molecule has 0 spiro atoms. The third kappa shape index (κ3) is 2.65. The summed E-state index contributed by atoms with van der Waals surface area (Å²) in [6.07, 6.45) is 3.29. The SMILES string of the molecule is O=C(O)C1=CC=C[SH]1c1csc(-c2ccc(Cl)c(Cl)c2)c1O. The number of hydrogen-bond donors (Lipinski definition) is 3. The highest BCUT2D eigenvalue weighted by atomic mass is 35.5. The number of thiol groups is 1. The number of allylic oxidation sites excluding steroid dienone is 2. The van der Waals surface area contributed by atoms with E-state index in [1.165, 1.54) is 11.3 Å². The molecule has 0 radical (unpaired) electrons. The molecular formula is C15H10Cl2O3S2. The van der Waals surface area contributed by atoms with Gasteiger partial charge in [-0.2, -0.15) is 10.9 Å². The lowest BCUT2D eigenvalue weighted by Crippen LogP contribution is -1.98. The van der Waals surface area contributed by atoms with E-state index >= 15 is 0 Å². The van der Waals surface area contributed by atoms with Crippen LogP contribution < -0.4 is 0 Å². The molecule has 7 heteroatoms. The molecule has 1 unspecified atom stereocenters. The molecule has 0 saturated carbocycles. The van der Waals surface area contributed by atoms with Crippen molar-refractivity contribution in [3.8, 4) is 16.2 Å². The van der Waals surface area contributed by atoms with Crippen molar-refractivity contribution in [3.63, 3.8) is 0 Å². The van der Waals surface area contributed by atoms with Crippen LogP contribution in [0.5, 0.6) is 5.75 Å². The Kier molecular flexibility index (Phi) is 4.23. The molecule has 1 aliphatic rings. The summed E-state index contributed by atoms with van der Waals surface area (Å²) in [6, 6.07) is 5.13. The maximum Gasteiger partial charge on any atom is 0.341 e. The summed E-state index contributed by atoms with van der Waals surface area (Å²) in [5.74, 6) is -0.856. The van der Waals surface area contributed by atoms with E-state index in [2.05, 4.69) is 0 Å². The fourth-order valence-electron chi connectivity index (χ4n) is 2.12. The van der Waals surface area contributed by atoms with Crippen molar-refractivity contribution in [1.29, 1.82) is 0 Å². The molecule has 2 aromatic rings. The number of carboxylic acid groups (broad SMARTS) is 1. The monoisotopic (exact) mass is 372 g/mol. The van der Waals surface area contributed by atoms with Gasteiger partial charge in [-0.25, -0.2) is 4.79 Å². The van der Waals surface area contributed by atoms with Gasteiger partial charge in [0.25, 0.3) is 0 Å². The summed E-state index contributed by atoms with van der Waals surface area (Å²) in [6.45, 7) is 0. The second-order valence-electron chi connectivity index (χ2n) is 4.50. The Labute approximate surface area is 143 Å². The molecule has 3 nitrogen and oxygen atoms in total. The first kappa shape index (κ1) is 15.5. The van der Waals surface area contributed by atoms with Gasteiger partial charge in [-0.15, -0.1) is 11.3 Å². The number of hydrogen-bond acceptors (Lipinski definition) is 3. The zero-order valence-electron chi connectivity index (χ0n) is 11.0. The first-order valence-electron chi connectivity index (χ1n) is 6.16. The smallest absolute Gasteiger partial charge is 0.341 e. The maximum absolute atomic E-state index is 11.3. The lowest BCUT2D eigenvalue weighted by atomic mass is 10.2. The summed E-state index contributed by atoms with van der Waals surface area (Å²) >= 11 is 13.3. The Morgan fingerprint density at radius 2 is 2.00 bits per heavy atom. The highest BCUT2D eigenvalue weighted by molar-refractivity contribution is 8.24. The average molecular weight is 373 g/mol. The molecule has 2 N–H and O–H groups in total.